The Morgan fingerprint density at radius 2 is 2.20 bits per heavy atom. The average molecular weight is 300 g/mol. The van der Waals surface area contributed by atoms with Gasteiger partial charge in [0.05, 0.1) is 6.10 Å². The Labute approximate surface area is 121 Å². The number of aromatic nitrogens is 3. The van der Waals surface area contributed by atoms with Crippen LogP contribution in [0.3, 0.4) is 0 Å². The van der Waals surface area contributed by atoms with E-state index in [9.17, 15) is 4.79 Å². The van der Waals surface area contributed by atoms with Crippen molar-refractivity contribution in [3.63, 3.8) is 0 Å². The monoisotopic (exact) mass is 300 g/mol. The summed E-state index contributed by atoms with van der Waals surface area (Å²) < 4.78 is 19.0. The van der Waals surface area contributed by atoms with Crippen molar-refractivity contribution in [2.75, 3.05) is 5.75 Å². The van der Waals surface area contributed by atoms with Gasteiger partial charge in [-0.3, -0.25) is 4.79 Å². The van der Waals surface area contributed by atoms with E-state index in [0.29, 0.717) is 5.75 Å². The van der Waals surface area contributed by atoms with Crippen molar-refractivity contribution in [2.45, 2.75) is 44.2 Å². The molecule has 8 nitrogen and oxygen atoms in total. The topological polar surface area (TPSA) is 101 Å². The first-order valence-corrected chi connectivity index (χ1v) is 6.87. The summed E-state index contributed by atoms with van der Waals surface area (Å²) in [6, 6.07) is 0. The van der Waals surface area contributed by atoms with Gasteiger partial charge in [0.1, 0.15) is 18.5 Å². The van der Waals surface area contributed by atoms with Gasteiger partial charge in [-0.15, -0.1) is 5.10 Å². The molecule has 0 radical (unpaired) electrons. The maximum absolute atomic E-state index is 11.1. The van der Waals surface area contributed by atoms with Crippen molar-refractivity contribution in [3.8, 4) is 0 Å². The van der Waals surface area contributed by atoms with Crippen LogP contribution >= 0.6 is 12.6 Å². The summed E-state index contributed by atoms with van der Waals surface area (Å²) >= 11 is 4.27. The van der Waals surface area contributed by atoms with Crippen molar-refractivity contribution in [1.29, 1.82) is 0 Å². The summed E-state index contributed by atoms with van der Waals surface area (Å²) in [6.45, 7) is 3.68. The van der Waals surface area contributed by atoms with Crippen LogP contribution < -0.4 is 5.73 Å². The zero-order chi connectivity index (χ0) is 14.5. The van der Waals surface area contributed by atoms with E-state index in [1.807, 2.05) is 13.8 Å². The van der Waals surface area contributed by atoms with E-state index in [1.165, 1.54) is 11.0 Å². The van der Waals surface area contributed by atoms with Crippen LogP contribution in [-0.2, 0) is 14.2 Å². The smallest absolute Gasteiger partial charge is 0.288 e. The highest BCUT2D eigenvalue weighted by molar-refractivity contribution is 7.80. The summed E-state index contributed by atoms with van der Waals surface area (Å²) in [7, 11) is 0. The van der Waals surface area contributed by atoms with E-state index in [1.54, 1.807) is 0 Å². The normalized spacial score (nSPS) is 35.1. The molecule has 0 bridgehead atoms. The number of primary amides is 1. The maximum atomic E-state index is 11.1. The molecule has 0 aromatic carbocycles. The van der Waals surface area contributed by atoms with E-state index in [4.69, 9.17) is 19.9 Å². The van der Waals surface area contributed by atoms with Crippen LogP contribution in [0, 0.1) is 0 Å². The number of carbonyl (C=O) groups is 1. The highest BCUT2D eigenvalue weighted by Crippen LogP contribution is 2.42. The van der Waals surface area contributed by atoms with Gasteiger partial charge in [0.2, 0.25) is 5.82 Å². The van der Waals surface area contributed by atoms with Crippen LogP contribution in [0.2, 0.25) is 0 Å². The quantitative estimate of drug-likeness (QED) is 0.745. The minimum atomic E-state index is -0.689. The van der Waals surface area contributed by atoms with Gasteiger partial charge < -0.3 is 19.9 Å². The molecule has 2 N–H and O–H groups in total. The molecule has 4 atom stereocenters. The minimum absolute atomic E-state index is 0.0577. The molecule has 110 valence electrons. The van der Waals surface area contributed by atoms with Gasteiger partial charge in [-0.25, -0.2) is 9.67 Å². The number of nitrogens with zero attached hydrogens (tertiary/aromatic N) is 3. The zero-order valence-corrected chi connectivity index (χ0v) is 12.0. The number of fused-ring (bicyclic) bond motifs is 1. The first-order valence-electron chi connectivity index (χ1n) is 6.24. The number of nitrogens with two attached hydrogens (primary N) is 1. The molecule has 2 aliphatic rings. The molecule has 1 amide bonds. The molecular formula is C11H16N4O4S. The molecule has 2 saturated heterocycles. The minimum Gasteiger partial charge on any atom is -0.363 e. The fourth-order valence-corrected chi connectivity index (χ4v) is 2.82. The highest BCUT2D eigenvalue weighted by atomic mass is 32.1. The van der Waals surface area contributed by atoms with Crippen molar-refractivity contribution >= 4 is 18.5 Å². The van der Waals surface area contributed by atoms with E-state index in [-0.39, 0.29) is 24.1 Å². The molecule has 3 rings (SSSR count). The fraction of sp³-hybridized carbons (Fsp3) is 0.727. The average Bonchev–Trinajstić information content (AvgIpc) is 3.01. The van der Waals surface area contributed by atoms with E-state index in [2.05, 4.69) is 22.7 Å². The number of amides is 1. The molecule has 1 aromatic rings. The lowest BCUT2D eigenvalue weighted by Crippen LogP contribution is -2.30. The van der Waals surface area contributed by atoms with Crippen LogP contribution in [0.5, 0.6) is 0 Å². The summed E-state index contributed by atoms with van der Waals surface area (Å²) in [5, 5.41) is 4.01. The SMILES string of the molecule is CC1(C)O[C@@H]2[C@H](O1)[C@@H](CS)O[C@H]2n1cnc(C(N)=O)n1. The van der Waals surface area contributed by atoms with Crippen LogP contribution in [-0.4, -0.2) is 50.5 Å². The summed E-state index contributed by atoms with van der Waals surface area (Å²) in [5.41, 5.74) is 5.14. The third kappa shape index (κ3) is 2.20. The second kappa shape index (κ2) is 4.69. The summed E-state index contributed by atoms with van der Waals surface area (Å²) in [6.07, 6.45) is 0.117. The van der Waals surface area contributed by atoms with Gasteiger partial charge in [-0.05, 0) is 13.8 Å². The van der Waals surface area contributed by atoms with Crippen LogP contribution in [0.1, 0.15) is 30.7 Å². The number of carbonyl (C=O) groups excluding carboxylic acids is 1. The van der Waals surface area contributed by atoms with Crippen LogP contribution in [0.15, 0.2) is 6.33 Å². The Morgan fingerprint density at radius 1 is 1.50 bits per heavy atom. The number of rotatable bonds is 3. The van der Waals surface area contributed by atoms with Crippen LogP contribution in [0.25, 0.3) is 0 Å². The highest BCUT2D eigenvalue weighted by Gasteiger charge is 2.55. The fourth-order valence-electron chi connectivity index (χ4n) is 2.53. The molecule has 2 fully saturated rings. The Morgan fingerprint density at radius 3 is 2.80 bits per heavy atom. The second-order valence-corrected chi connectivity index (χ2v) is 5.59. The first-order chi connectivity index (χ1) is 9.41. The molecule has 1 aromatic heterocycles. The van der Waals surface area contributed by atoms with Gasteiger partial charge in [0.25, 0.3) is 5.91 Å². The summed E-state index contributed by atoms with van der Waals surface area (Å²) in [5.74, 6) is -0.939. The Hall–Kier alpha value is -1.16. The van der Waals surface area contributed by atoms with Crippen LogP contribution in [0.4, 0.5) is 0 Å². The lowest BCUT2D eigenvalue weighted by molar-refractivity contribution is -0.195. The number of hydrogen-bond donors (Lipinski definition) is 2. The predicted molar refractivity (Wildman–Crippen MR) is 70.1 cm³/mol. The maximum Gasteiger partial charge on any atom is 0.288 e. The first kappa shape index (κ1) is 13.8. The van der Waals surface area contributed by atoms with E-state index >= 15 is 0 Å². The molecule has 9 heteroatoms. The van der Waals surface area contributed by atoms with Gasteiger partial charge in [0, 0.05) is 5.75 Å². The lowest BCUT2D eigenvalue weighted by atomic mass is 10.1. The Kier molecular flexibility index (Phi) is 3.24. The summed E-state index contributed by atoms with van der Waals surface area (Å²) in [4.78, 5) is 14.9. The molecule has 0 spiro atoms. The van der Waals surface area contributed by atoms with Crippen molar-refractivity contribution in [1.82, 2.24) is 14.8 Å². The molecular weight excluding hydrogens is 284 g/mol. The largest absolute Gasteiger partial charge is 0.363 e. The van der Waals surface area contributed by atoms with Crippen molar-refractivity contribution in [3.05, 3.63) is 12.2 Å². The Balaban J connectivity index is 1.87. The number of ether oxygens (including phenoxy) is 3. The van der Waals surface area contributed by atoms with Crippen molar-refractivity contribution in [2.24, 2.45) is 5.73 Å². The Bertz CT molecular complexity index is 534. The molecule has 0 saturated carbocycles. The third-order valence-corrected chi connectivity index (χ3v) is 3.65. The van der Waals surface area contributed by atoms with E-state index < -0.39 is 17.9 Å². The lowest BCUT2D eigenvalue weighted by Gasteiger charge is -2.23. The second-order valence-electron chi connectivity index (χ2n) is 5.22. The van der Waals surface area contributed by atoms with Gasteiger partial charge in [-0.1, -0.05) is 0 Å². The van der Waals surface area contributed by atoms with Gasteiger partial charge >= 0.3 is 0 Å². The molecule has 2 aliphatic heterocycles. The molecule has 0 aliphatic carbocycles. The number of hydrogen-bond acceptors (Lipinski definition) is 7. The standard InChI is InChI=1S/C11H16N4O4S/c1-11(2)18-6-5(3-20)17-10(7(6)19-11)15-4-13-9(14-15)8(12)16/h4-7,10,20H,3H2,1-2H3,(H2,12,16)/t5-,6-,7-,10-/m1/s1. The van der Waals surface area contributed by atoms with Gasteiger partial charge in [0.15, 0.2) is 12.0 Å². The van der Waals surface area contributed by atoms with E-state index in [0.717, 1.165) is 0 Å². The predicted octanol–water partition coefficient (Wildman–Crippen LogP) is -0.276. The molecule has 3 heterocycles. The van der Waals surface area contributed by atoms with Crippen molar-refractivity contribution < 1.29 is 19.0 Å². The zero-order valence-electron chi connectivity index (χ0n) is 11.1. The van der Waals surface area contributed by atoms with Gasteiger partial charge in [-0.2, -0.15) is 12.6 Å². The molecule has 20 heavy (non-hydrogen) atoms. The number of thiol groups is 1. The molecule has 0 unspecified atom stereocenters. The third-order valence-electron chi connectivity index (χ3n) is 3.29.